The van der Waals surface area contributed by atoms with E-state index in [1.54, 1.807) is 16.8 Å². The van der Waals surface area contributed by atoms with E-state index in [1.807, 2.05) is 6.07 Å². The van der Waals surface area contributed by atoms with Gasteiger partial charge < -0.3 is 24.7 Å². The van der Waals surface area contributed by atoms with Crippen LogP contribution in [0, 0.1) is 0 Å². The number of halogens is 6. The number of carbonyl (C=O) groups excluding carboxylic acids is 3. The number of carbonyl (C=O) groups is 3. The van der Waals surface area contributed by atoms with Crippen LogP contribution in [0.3, 0.4) is 0 Å². The average Bonchev–Trinajstić information content (AvgIpc) is 3.34. The van der Waals surface area contributed by atoms with Crippen molar-refractivity contribution in [1.82, 2.24) is 29.5 Å². The minimum atomic E-state index is -4.96. The molecule has 4 aromatic rings. The van der Waals surface area contributed by atoms with E-state index in [2.05, 4.69) is 16.5 Å². The van der Waals surface area contributed by atoms with Gasteiger partial charge in [0.25, 0.3) is 5.91 Å². The molecule has 1 aromatic carbocycles. The minimum absolute atomic E-state index is 0.00861. The summed E-state index contributed by atoms with van der Waals surface area (Å²) in [6.07, 6.45) is -4.27. The van der Waals surface area contributed by atoms with E-state index in [0.717, 1.165) is 37.1 Å². The number of alkyl halides is 6. The Kier molecular flexibility index (Phi) is 9.09. The van der Waals surface area contributed by atoms with Gasteiger partial charge in [0, 0.05) is 50.4 Å². The molecule has 1 aliphatic carbocycles. The Hall–Kier alpha value is -5.94. The molecule has 0 radical (unpaired) electrons. The van der Waals surface area contributed by atoms with Gasteiger partial charge in [0.05, 0.1) is 28.6 Å². The first-order valence-corrected chi connectivity index (χ1v) is 16.8. The Bertz CT molecular complexity index is 2200. The van der Waals surface area contributed by atoms with Gasteiger partial charge in [0.2, 0.25) is 5.91 Å². The number of hydrogen-bond acceptors (Lipinski definition) is 9. The predicted octanol–water partition coefficient (Wildman–Crippen LogP) is 5.91. The van der Waals surface area contributed by atoms with E-state index in [1.165, 1.54) is 9.80 Å². The van der Waals surface area contributed by atoms with E-state index < -0.39 is 64.6 Å². The first-order valence-electron chi connectivity index (χ1n) is 16.8. The lowest BCUT2D eigenvalue weighted by Crippen LogP contribution is -2.45. The highest BCUT2D eigenvalue weighted by Crippen LogP contribution is 2.43. The number of nitrogens with zero attached hydrogens (tertiary/aromatic N) is 6. The fourth-order valence-electron chi connectivity index (χ4n) is 7.05. The lowest BCUT2D eigenvalue weighted by molar-refractivity contribution is -0.143. The van der Waals surface area contributed by atoms with Gasteiger partial charge in [-0.25, -0.2) is 19.4 Å². The van der Waals surface area contributed by atoms with Crippen LogP contribution in [0.15, 0.2) is 55.4 Å². The number of rotatable bonds is 6. The predicted molar refractivity (Wildman–Crippen MR) is 175 cm³/mol. The van der Waals surface area contributed by atoms with Crippen LogP contribution in [0.1, 0.15) is 85.8 Å². The second kappa shape index (κ2) is 13.5. The van der Waals surface area contributed by atoms with E-state index in [0.29, 0.717) is 35.3 Å². The largest absolute Gasteiger partial charge is 0.506 e. The SMILES string of the molecule is C=CC(=O)N1CCc2nn(-c3ccc(C4CCC4)cc3OC(=O)c3cnc(C(F)(F)F)c(O)c3)c3c2C(C1)N(C(=O)c1cnc(C(F)(F)F)c(O)c1)CC3. The molecule has 7 rings (SSSR count). The zero-order valence-electron chi connectivity index (χ0n) is 28.1. The molecule has 1 saturated carbocycles. The quantitative estimate of drug-likeness (QED) is 0.106. The zero-order valence-corrected chi connectivity index (χ0v) is 28.1. The van der Waals surface area contributed by atoms with Crippen molar-refractivity contribution in [2.75, 3.05) is 19.6 Å². The topological polar surface area (TPSA) is 151 Å². The maximum absolute atomic E-state index is 13.9. The molecular formula is C36H30F6N6O6. The van der Waals surface area contributed by atoms with Crippen molar-refractivity contribution >= 4 is 17.8 Å². The van der Waals surface area contributed by atoms with E-state index in [-0.39, 0.29) is 55.4 Å². The number of hydrogen-bond donors (Lipinski definition) is 2. The Morgan fingerprint density at radius 2 is 1.54 bits per heavy atom. The van der Waals surface area contributed by atoms with Gasteiger partial charge in [-0.1, -0.05) is 19.1 Å². The second-order valence-electron chi connectivity index (χ2n) is 13.1. The van der Waals surface area contributed by atoms with E-state index in [4.69, 9.17) is 9.84 Å². The number of pyridine rings is 2. The van der Waals surface area contributed by atoms with Crippen molar-refractivity contribution in [2.24, 2.45) is 0 Å². The van der Waals surface area contributed by atoms with Crippen molar-refractivity contribution in [3.63, 3.8) is 0 Å². The summed E-state index contributed by atoms with van der Waals surface area (Å²) in [6.45, 7) is 3.68. The van der Waals surface area contributed by atoms with Gasteiger partial charge in [-0.3, -0.25) is 9.59 Å². The molecule has 3 aliphatic rings. The third kappa shape index (κ3) is 6.60. The molecule has 12 nitrogen and oxygen atoms in total. The summed E-state index contributed by atoms with van der Waals surface area (Å²) in [6, 6.07) is 5.65. The molecule has 5 heterocycles. The molecule has 2 aliphatic heterocycles. The van der Waals surface area contributed by atoms with Gasteiger partial charge in [-0.15, -0.1) is 0 Å². The van der Waals surface area contributed by atoms with Crippen LogP contribution in [-0.4, -0.2) is 77.2 Å². The first-order chi connectivity index (χ1) is 25.5. The summed E-state index contributed by atoms with van der Waals surface area (Å²) in [5.74, 6) is -4.55. The molecule has 1 atom stereocenters. The summed E-state index contributed by atoms with van der Waals surface area (Å²) < 4.78 is 86.9. The summed E-state index contributed by atoms with van der Waals surface area (Å²) in [4.78, 5) is 49.5. The summed E-state index contributed by atoms with van der Waals surface area (Å²) in [5, 5.41) is 24.9. The standard InChI is InChI=1S/C36H30F6N6O6/c1-2-29(51)46-10-8-22-30-24(9-11-47(25(30)17-46)33(52)20-12-26(49)31(43-15-20)35(37,38)39)48(45-22)23-7-6-19(18-4-3-5-18)14-28(23)54-34(53)21-13-27(50)32(44-16-21)36(40,41)42/h2,6-7,12-16,18,25,49-50H,1,3-5,8-11,17H2. The van der Waals surface area contributed by atoms with Crippen LogP contribution >= 0.6 is 0 Å². The molecule has 2 amide bonds. The summed E-state index contributed by atoms with van der Waals surface area (Å²) >= 11 is 0. The Morgan fingerprint density at radius 1 is 0.889 bits per heavy atom. The van der Waals surface area contributed by atoms with Crippen LogP contribution in [0.5, 0.6) is 17.2 Å². The Balaban J connectivity index is 1.29. The molecule has 0 bridgehead atoms. The third-order valence-electron chi connectivity index (χ3n) is 9.90. The van der Waals surface area contributed by atoms with Gasteiger partial charge in [-0.2, -0.15) is 31.4 Å². The van der Waals surface area contributed by atoms with Crippen LogP contribution in [-0.2, 0) is 30.0 Å². The highest BCUT2D eigenvalue weighted by atomic mass is 19.4. The average molecular weight is 757 g/mol. The lowest BCUT2D eigenvalue weighted by atomic mass is 9.80. The van der Waals surface area contributed by atoms with Crippen molar-refractivity contribution < 1.29 is 55.7 Å². The maximum Gasteiger partial charge on any atom is 0.437 e. The van der Waals surface area contributed by atoms with Crippen LogP contribution in [0.4, 0.5) is 26.3 Å². The molecule has 1 fully saturated rings. The number of esters is 1. The van der Waals surface area contributed by atoms with E-state index >= 15 is 0 Å². The normalized spacial score (nSPS) is 17.3. The van der Waals surface area contributed by atoms with Gasteiger partial charge >= 0.3 is 18.3 Å². The van der Waals surface area contributed by atoms with E-state index in [9.17, 15) is 50.9 Å². The van der Waals surface area contributed by atoms with Crippen LogP contribution in [0.25, 0.3) is 5.69 Å². The molecular weight excluding hydrogens is 726 g/mol. The van der Waals surface area contributed by atoms with Crippen molar-refractivity contribution in [3.8, 4) is 22.9 Å². The smallest absolute Gasteiger partial charge is 0.437 e. The number of aromatic hydroxyl groups is 2. The zero-order chi connectivity index (χ0) is 38.7. The molecule has 282 valence electrons. The van der Waals surface area contributed by atoms with Crippen molar-refractivity contribution in [2.45, 2.75) is 56.4 Å². The fourth-order valence-corrected chi connectivity index (χ4v) is 7.05. The van der Waals surface area contributed by atoms with Crippen molar-refractivity contribution in [3.05, 3.63) is 100 Å². The van der Waals surface area contributed by atoms with Gasteiger partial charge in [0.15, 0.2) is 17.1 Å². The molecule has 1 unspecified atom stereocenters. The molecule has 18 heteroatoms. The highest BCUT2D eigenvalue weighted by Gasteiger charge is 2.42. The van der Waals surface area contributed by atoms with Crippen molar-refractivity contribution in [1.29, 1.82) is 0 Å². The van der Waals surface area contributed by atoms with Gasteiger partial charge in [0.1, 0.15) is 17.2 Å². The van der Waals surface area contributed by atoms with Crippen LogP contribution in [0.2, 0.25) is 0 Å². The molecule has 3 aromatic heterocycles. The molecule has 0 spiro atoms. The van der Waals surface area contributed by atoms with Gasteiger partial charge in [-0.05, 0) is 54.7 Å². The Morgan fingerprint density at radius 3 is 2.13 bits per heavy atom. The maximum atomic E-state index is 13.9. The van der Waals surface area contributed by atoms with Crippen LogP contribution < -0.4 is 4.74 Å². The highest BCUT2D eigenvalue weighted by molar-refractivity contribution is 5.95. The second-order valence-corrected chi connectivity index (χ2v) is 13.1. The number of amides is 2. The third-order valence-corrected chi connectivity index (χ3v) is 9.90. The number of benzene rings is 1. The Labute approximate surface area is 302 Å². The molecule has 54 heavy (non-hydrogen) atoms. The first kappa shape index (κ1) is 36.4. The monoisotopic (exact) mass is 756 g/mol. The number of aromatic nitrogens is 4. The minimum Gasteiger partial charge on any atom is -0.506 e. The number of ether oxygens (including phenoxy) is 1. The summed E-state index contributed by atoms with van der Waals surface area (Å²) in [5.41, 5.74) is -1.09. The fraction of sp³-hybridized carbons (Fsp3) is 0.333. The summed E-state index contributed by atoms with van der Waals surface area (Å²) in [7, 11) is 0. The lowest BCUT2D eigenvalue weighted by Gasteiger charge is -2.38. The molecule has 2 N–H and O–H groups in total. The molecule has 0 saturated heterocycles.